The molecule has 3 N–H and O–H groups in total. The minimum absolute atomic E-state index is 0.369. The molecule has 1 aliphatic carbocycles. The average Bonchev–Trinajstić information content (AvgIpc) is 3.23. The summed E-state index contributed by atoms with van der Waals surface area (Å²) < 4.78 is 1.83. The van der Waals surface area contributed by atoms with Gasteiger partial charge in [-0.25, -0.2) is 0 Å². The Morgan fingerprint density at radius 2 is 2.05 bits per heavy atom. The fraction of sp³-hybridized carbons (Fsp3) is 0.733. The average molecular weight is 291 g/mol. The first-order valence-electron chi connectivity index (χ1n) is 7.88. The van der Waals surface area contributed by atoms with Crippen LogP contribution >= 0.6 is 0 Å². The highest BCUT2D eigenvalue weighted by Gasteiger charge is 2.35. The van der Waals surface area contributed by atoms with Crippen molar-refractivity contribution >= 4 is 11.7 Å². The molecule has 2 heterocycles. The van der Waals surface area contributed by atoms with E-state index in [0.717, 1.165) is 31.1 Å². The number of aryl methyl sites for hydroxylation is 2. The summed E-state index contributed by atoms with van der Waals surface area (Å²) in [4.78, 5) is 14.2. The van der Waals surface area contributed by atoms with Gasteiger partial charge in [0.05, 0.1) is 5.69 Å². The second-order valence-electron chi connectivity index (χ2n) is 6.35. The number of amides is 1. The van der Waals surface area contributed by atoms with E-state index in [1.54, 1.807) is 0 Å². The molecule has 1 aliphatic heterocycles. The number of nitrogens with two attached hydrogens (primary N) is 1. The van der Waals surface area contributed by atoms with Crippen molar-refractivity contribution in [1.29, 1.82) is 0 Å². The first-order chi connectivity index (χ1) is 10.1. The van der Waals surface area contributed by atoms with Crippen LogP contribution in [0.4, 0.5) is 5.82 Å². The molecule has 0 unspecified atom stereocenters. The highest BCUT2D eigenvalue weighted by molar-refractivity contribution is 5.99. The number of primary amides is 1. The molecular formula is C15H25N5O. The van der Waals surface area contributed by atoms with Gasteiger partial charge in [0.25, 0.3) is 5.91 Å². The highest BCUT2D eigenvalue weighted by Crippen LogP contribution is 2.35. The van der Waals surface area contributed by atoms with E-state index in [1.165, 1.54) is 25.7 Å². The van der Waals surface area contributed by atoms with Crippen LogP contribution in [-0.2, 0) is 7.05 Å². The second kappa shape index (κ2) is 5.67. The maximum atomic E-state index is 11.8. The number of carbonyl (C=O) groups is 1. The fourth-order valence-corrected chi connectivity index (χ4v) is 3.40. The zero-order valence-corrected chi connectivity index (χ0v) is 12.9. The smallest absolute Gasteiger partial charge is 0.254 e. The normalized spacial score (nSPS) is 19.7. The molecule has 0 bridgehead atoms. The molecule has 0 atom stereocenters. The van der Waals surface area contributed by atoms with Gasteiger partial charge in [0, 0.05) is 19.6 Å². The van der Waals surface area contributed by atoms with Gasteiger partial charge in [-0.05, 0) is 51.6 Å². The van der Waals surface area contributed by atoms with E-state index in [2.05, 4.69) is 15.3 Å². The largest absolute Gasteiger partial charge is 0.365 e. The molecular weight excluding hydrogens is 266 g/mol. The number of piperidine rings is 1. The van der Waals surface area contributed by atoms with Crippen LogP contribution in [0.2, 0.25) is 0 Å². The Morgan fingerprint density at radius 3 is 2.62 bits per heavy atom. The van der Waals surface area contributed by atoms with Crippen LogP contribution in [0.5, 0.6) is 0 Å². The molecule has 0 spiro atoms. The molecule has 6 nitrogen and oxygen atoms in total. The van der Waals surface area contributed by atoms with Crippen LogP contribution in [0.3, 0.4) is 0 Å². The maximum absolute atomic E-state index is 11.8. The fourth-order valence-electron chi connectivity index (χ4n) is 3.40. The van der Waals surface area contributed by atoms with Gasteiger partial charge in [0.1, 0.15) is 11.4 Å². The van der Waals surface area contributed by atoms with E-state index in [-0.39, 0.29) is 5.91 Å². The first kappa shape index (κ1) is 14.4. The Balaban J connectivity index is 1.88. The lowest BCUT2D eigenvalue weighted by molar-refractivity contribution is 0.1000. The van der Waals surface area contributed by atoms with Crippen LogP contribution in [0, 0.1) is 12.8 Å². The summed E-state index contributed by atoms with van der Waals surface area (Å²) in [6, 6.07) is 0.549. The van der Waals surface area contributed by atoms with E-state index in [1.807, 2.05) is 18.7 Å². The third-order valence-electron chi connectivity index (χ3n) is 4.61. The third-order valence-corrected chi connectivity index (χ3v) is 4.61. The number of carbonyl (C=O) groups excluding carboxylic acids is 1. The zero-order valence-electron chi connectivity index (χ0n) is 12.9. The molecule has 1 saturated carbocycles. The number of nitrogens with zero attached hydrogens (tertiary/aromatic N) is 3. The van der Waals surface area contributed by atoms with Crippen molar-refractivity contribution in [3.63, 3.8) is 0 Å². The lowest BCUT2D eigenvalue weighted by atomic mass is 9.97. The van der Waals surface area contributed by atoms with Gasteiger partial charge < -0.3 is 16.0 Å². The van der Waals surface area contributed by atoms with E-state index in [4.69, 9.17) is 5.73 Å². The molecule has 1 amide bonds. The number of nitrogens with one attached hydrogen (secondary N) is 1. The minimum Gasteiger partial charge on any atom is -0.365 e. The third kappa shape index (κ3) is 2.90. The summed E-state index contributed by atoms with van der Waals surface area (Å²) in [5, 5.41) is 7.83. The highest BCUT2D eigenvalue weighted by atomic mass is 16.1. The summed E-state index contributed by atoms with van der Waals surface area (Å²) in [6.45, 7) is 5.05. The molecule has 1 aromatic rings. The van der Waals surface area contributed by atoms with Crippen LogP contribution in [0.15, 0.2) is 0 Å². The van der Waals surface area contributed by atoms with E-state index < -0.39 is 0 Å². The molecule has 1 aromatic heterocycles. The van der Waals surface area contributed by atoms with E-state index >= 15 is 0 Å². The number of anilines is 1. The number of hydrogen-bond donors (Lipinski definition) is 2. The SMILES string of the molecule is Cc1nn(C)c(N(CC2CCNCC2)C2CC2)c1C(N)=O. The summed E-state index contributed by atoms with van der Waals surface area (Å²) in [5.74, 6) is 1.23. The van der Waals surface area contributed by atoms with Crippen molar-refractivity contribution in [1.82, 2.24) is 15.1 Å². The summed E-state index contributed by atoms with van der Waals surface area (Å²) in [5.41, 5.74) is 6.92. The standard InChI is InChI=1S/C15H25N5O/c1-10-13(14(16)21)15(19(2)18-10)20(12-3-4-12)9-11-5-7-17-8-6-11/h11-12,17H,3-9H2,1-2H3,(H2,16,21). The Kier molecular flexibility index (Phi) is 3.89. The Bertz CT molecular complexity index is 528. The van der Waals surface area contributed by atoms with Crippen LogP contribution in [-0.4, -0.2) is 41.4 Å². The molecule has 0 radical (unpaired) electrons. The topological polar surface area (TPSA) is 76.2 Å². The molecule has 2 fully saturated rings. The van der Waals surface area contributed by atoms with Gasteiger partial charge in [-0.2, -0.15) is 5.10 Å². The molecule has 6 heteroatoms. The molecule has 3 rings (SSSR count). The van der Waals surface area contributed by atoms with Gasteiger partial charge in [0.15, 0.2) is 0 Å². The first-order valence-corrected chi connectivity index (χ1v) is 7.88. The van der Waals surface area contributed by atoms with Crippen molar-refractivity contribution in [2.45, 2.75) is 38.6 Å². The Labute approximate surface area is 125 Å². The predicted molar refractivity (Wildman–Crippen MR) is 82.4 cm³/mol. The van der Waals surface area contributed by atoms with Gasteiger partial charge in [0.2, 0.25) is 0 Å². The molecule has 2 aliphatic rings. The minimum atomic E-state index is -0.369. The Hall–Kier alpha value is -1.56. The van der Waals surface area contributed by atoms with Crippen molar-refractivity contribution in [3.05, 3.63) is 11.3 Å². The van der Waals surface area contributed by atoms with Gasteiger partial charge in [-0.3, -0.25) is 9.48 Å². The summed E-state index contributed by atoms with van der Waals surface area (Å²) in [7, 11) is 1.91. The lowest BCUT2D eigenvalue weighted by Crippen LogP contribution is -2.39. The van der Waals surface area contributed by atoms with E-state index in [0.29, 0.717) is 17.5 Å². The van der Waals surface area contributed by atoms with Gasteiger partial charge >= 0.3 is 0 Å². The van der Waals surface area contributed by atoms with Crippen LogP contribution < -0.4 is 16.0 Å². The molecule has 116 valence electrons. The summed E-state index contributed by atoms with van der Waals surface area (Å²) >= 11 is 0. The van der Waals surface area contributed by atoms with Crippen molar-refractivity contribution < 1.29 is 4.79 Å². The lowest BCUT2D eigenvalue weighted by Gasteiger charge is -2.32. The molecule has 21 heavy (non-hydrogen) atoms. The van der Waals surface area contributed by atoms with Gasteiger partial charge in [-0.1, -0.05) is 0 Å². The molecule has 1 saturated heterocycles. The monoisotopic (exact) mass is 291 g/mol. The Morgan fingerprint density at radius 1 is 1.38 bits per heavy atom. The van der Waals surface area contributed by atoms with E-state index in [9.17, 15) is 4.79 Å². The van der Waals surface area contributed by atoms with Crippen molar-refractivity contribution in [2.75, 3.05) is 24.5 Å². The number of rotatable bonds is 5. The summed E-state index contributed by atoms with van der Waals surface area (Å²) in [6.07, 6.45) is 4.80. The number of hydrogen-bond acceptors (Lipinski definition) is 4. The molecule has 0 aromatic carbocycles. The van der Waals surface area contributed by atoms with Crippen molar-refractivity contribution in [2.24, 2.45) is 18.7 Å². The van der Waals surface area contributed by atoms with Crippen LogP contribution in [0.1, 0.15) is 41.7 Å². The number of aromatic nitrogens is 2. The van der Waals surface area contributed by atoms with Gasteiger partial charge in [-0.15, -0.1) is 0 Å². The second-order valence-corrected chi connectivity index (χ2v) is 6.35. The predicted octanol–water partition coefficient (Wildman–Crippen LogP) is 0.796. The quantitative estimate of drug-likeness (QED) is 0.841. The van der Waals surface area contributed by atoms with Crippen molar-refractivity contribution in [3.8, 4) is 0 Å². The maximum Gasteiger partial charge on any atom is 0.254 e. The van der Waals surface area contributed by atoms with Crippen LogP contribution in [0.25, 0.3) is 0 Å². The zero-order chi connectivity index (χ0) is 15.0.